The van der Waals surface area contributed by atoms with Crippen LogP contribution in [0.15, 0.2) is 62.8 Å². The maximum absolute atomic E-state index is 13.6. The Labute approximate surface area is 212 Å². The number of esters is 1. The van der Waals surface area contributed by atoms with Crippen molar-refractivity contribution in [2.24, 2.45) is 4.99 Å². The Morgan fingerprint density at radius 3 is 2.63 bits per heavy atom. The van der Waals surface area contributed by atoms with Crippen LogP contribution in [0.2, 0.25) is 0 Å². The molecule has 4 rings (SSSR count). The van der Waals surface area contributed by atoms with Gasteiger partial charge in [-0.15, -0.1) is 11.3 Å². The van der Waals surface area contributed by atoms with E-state index in [1.165, 1.54) is 11.3 Å². The van der Waals surface area contributed by atoms with Gasteiger partial charge < -0.3 is 9.47 Å². The molecule has 0 amide bonds. The van der Waals surface area contributed by atoms with Crippen molar-refractivity contribution in [3.63, 3.8) is 0 Å². The lowest BCUT2D eigenvalue weighted by atomic mass is 9.96. The van der Waals surface area contributed by atoms with E-state index in [1.807, 2.05) is 61.7 Å². The number of unbranched alkanes of at least 4 members (excludes halogenated alkanes) is 2. The quantitative estimate of drug-likeness (QED) is 0.306. The van der Waals surface area contributed by atoms with Gasteiger partial charge in [0.1, 0.15) is 5.75 Å². The van der Waals surface area contributed by atoms with Crippen molar-refractivity contribution in [3.8, 4) is 5.75 Å². The molecule has 6 nitrogen and oxygen atoms in total. The number of hydrogen-bond donors (Lipinski definition) is 0. The smallest absolute Gasteiger partial charge is 0.338 e. The summed E-state index contributed by atoms with van der Waals surface area (Å²) in [5, 5.41) is 1.97. The molecular weight excluding hydrogens is 480 g/mol. The fourth-order valence-corrected chi connectivity index (χ4v) is 5.74. The SMILES string of the molecule is CCCCCOc1ccc(C2C(C(=O)OC(C)C)=C(C)N=c3sc(=Cc4cccs4)c(=O)n32)cc1. The second-order valence-electron chi connectivity index (χ2n) is 8.68. The van der Waals surface area contributed by atoms with Crippen molar-refractivity contribution in [3.05, 3.63) is 83.2 Å². The first-order valence-corrected chi connectivity index (χ1v) is 13.6. The van der Waals surface area contributed by atoms with E-state index in [1.54, 1.807) is 22.8 Å². The van der Waals surface area contributed by atoms with E-state index < -0.39 is 12.0 Å². The lowest BCUT2D eigenvalue weighted by Gasteiger charge is -2.25. The van der Waals surface area contributed by atoms with Crippen LogP contribution in [0.4, 0.5) is 0 Å². The van der Waals surface area contributed by atoms with E-state index in [2.05, 4.69) is 11.9 Å². The lowest BCUT2D eigenvalue weighted by molar-refractivity contribution is -0.143. The van der Waals surface area contributed by atoms with Crippen LogP contribution in [-0.2, 0) is 9.53 Å². The van der Waals surface area contributed by atoms with Crippen molar-refractivity contribution in [2.75, 3.05) is 6.61 Å². The molecular formula is C27H30N2O4S2. The van der Waals surface area contributed by atoms with Gasteiger partial charge in [-0.2, -0.15) is 0 Å². The third-order valence-corrected chi connectivity index (χ3v) is 7.42. The second kappa shape index (κ2) is 11.2. The van der Waals surface area contributed by atoms with Gasteiger partial charge in [0.15, 0.2) is 4.80 Å². The van der Waals surface area contributed by atoms with E-state index in [-0.39, 0.29) is 11.7 Å². The minimum absolute atomic E-state index is 0.172. The van der Waals surface area contributed by atoms with Gasteiger partial charge in [0.2, 0.25) is 0 Å². The van der Waals surface area contributed by atoms with Crippen LogP contribution in [0.25, 0.3) is 6.08 Å². The van der Waals surface area contributed by atoms with Crippen LogP contribution in [-0.4, -0.2) is 23.2 Å². The molecule has 0 fully saturated rings. The Kier molecular flexibility index (Phi) is 8.03. The highest BCUT2D eigenvalue weighted by atomic mass is 32.1. The summed E-state index contributed by atoms with van der Waals surface area (Å²) in [6.45, 7) is 8.24. The molecule has 35 heavy (non-hydrogen) atoms. The molecule has 0 spiro atoms. The van der Waals surface area contributed by atoms with Gasteiger partial charge in [-0.25, -0.2) is 9.79 Å². The summed E-state index contributed by atoms with van der Waals surface area (Å²) < 4.78 is 13.6. The molecule has 0 aliphatic carbocycles. The molecule has 0 saturated carbocycles. The first-order valence-electron chi connectivity index (χ1n) is 11.9. The van der Waals surface area contributed by atoms with Crippen LogP contribution in [0.1, 0.15) is 63.4 Å². The summed E-state index contributed by atoms with van der Waals surface area (Å²) >= 11 is 2.90. The molecule has 3 aromatic rings. The first kappa shape index (κ1) is 25.1. The Balaban J connectivity index is 1.78. The summed E-state index contributed by atoms with van der Waals surface area (Å²) in [4.78, 5) is 33.0. The molecule has 184 valence electrons. The van der Waals surface area contributed by atoms with Crippen LogP contribution in [0.5, 0.6) is 5.75 Å². The summed E-state index contributed by atoms with van der Waals surface area (Å²) in [6, 6.07) is 10.9. The number of rotatable bonds is 9. The molecule has 1 atom stereocenters. The molecule has 0 N–H and O–H groups in total. The van der Waals surface area contributed by atoms with E-state index in [9.17, 15) is 9.59 Å². The number of hydrogen-bond acceptors (Lipinski definition) is 7. The molecule has 8 heteroatoms. The maximum atomic E-state index is 13.6. The van der Waals surface area contributed by atoms with E-state index >= 15 is 0 Å². The number of thiazole rings is 1. The third-order valence-electron chi connectivity index (χ3n) is 5.61. The summed E-state index contributed by atoms with van der Waals surface area (Å²) in [5.41, 5.74) is 1.57. The van der Waals surface area contributed by atoms with Gasteiger partial charge in [0, 0.05) is 4.88 Å². The molecule has 1 aromatic carbocycles. The number of aromatic nitrogens is 1. The number of carbonyl (C=O) groups excluding carboxylic acids is 1. The number of nitrogens with zero attached hydrogens (tertiary/aromatic N) is 2. The first-order chi connectivity index (χ1) is 16.9. The van der Waals surface area contributed by atoms with Crippen LogP contribution in [0.3, 0.4) is 0 Å². The van der Waals surface area contributed by atoms with Gasteiger partial charge in [-0.1, -0.05) is 49.3 Å². The Hall–Kier alpha value is -2.97. The van der Waals surface area contributed by atoms with Gasteiger partial charge in [-0.3, -0.25) is 9.36 Å². The van der Waals surface area contributed by atoms with Crippen molar-refractivity contribution < 1.29 is 14.3 Å². The fourth-order valence-electron chi connectivity index (χ4n) is 3.97. The molecule has 0 saturated heterocycles. The topological polar surface area (TPSA) is 69.9 Å². The number of fused-ring (bicyclic) bond motifs is 1. The molecule has 0 radical (unpaired) electrons. The number of thiophene rings is 1. The molecule has 3 heterocycles. The number of ether oxygens (including phenoxy) is 2. The molecule has 1 aliphatic heterocycles. The maximum Gasteiger partial charge on any atom is 0.338 e. The lowest BCUT2D eigenvalue weighted by Crippen LogP contribution is -2.40. The third kappa shape index (κ3) is 5.65. The number of carbonyl (C=O) groups is 1. The van der Waals surface area contributed by atoms with Crippen molar-refractivity contribution in [2.45, 2.75) is 59.1 Å². The van der Waals surface area contributed by atoms with Crippen LogP contribution >= 0.6 is 22.7 Å². The fraction of sp³-hybridized carbons (Fsp3) is 0.370. The summed E-state index contributed by atoms with van der Waals surface area (Å²) in [5.74, 6) is 0.306. The number of benzene rings is 1. The Bertz CT molecular complexity index is 1380. The minimum Gasteiger partial charge on any atom is -0.494 e. The molecule has 1 unspecified atom stereocenters. The van der Waals surface area contributed by atoms with Crippen molar-refractivity contribution >= 4 is 34.7 Å². The van der Waals surface area contributed by atoms with Crippen LogP contribution in [0, 0.1) is 0 Å². The van der Waals surface area contributed by atoms with E-state index in [4.69, 9.17) is 9.47 Å². The number of allylic oxidation sites excluding steroid dienone is 1. The second-order valence-corrected chi connectivity index (χ2v) is 10.7. The zero-order chi connectivity index (χ0) is 24.9. The Morgan fingerprint density at radius 1 is 1.20 bits per heavy atom. The van der Waals surface area contributed by atoms with Gasteiger partial charge in [0.25, 0.3) is 5.56 Å². The summed E-state index contributed by atoms with van der Waals surface area (Å²) in [7, 11) is 0. The predicted octanol–water partition coefficient (Wildman–Crippen LogP) is 4.82. The van der Waals surface area contributed by atoms with E-state index in [0.717, 1.165) is 35.5 Å². The Morgan fingerprint density at radius 2 is 1.97 bits per heavy atom. The highest BCUT2D eigenvalue weighted by Crippen LogP contribution is 2.32. The molecule has 1 aliphatic rings. The monoisotopic (exact) mass is 510 g/mol. The zero-order valence-electron chi connectivity index (χ0n) is 20.4. The van der Waals surface area contributed by atoms with Crippen molar-refractivity contribution in [1.29, 1.82) is 0 Å². The average molecular weight is 511 g/mol. The largest absolute Gasteiger partial charge is 0.494 e. The minimum atomic E-state index is -0.628. The van der Waals surface area contributed by atoms with E-state index in [0.29, 0.717) is 27.2 Å². The molecule has 0 bridgehead atoms. The van der Waals surface area contributed by atoms with Crippen molar-refractivity contribution in [1.82, 2.24) is 4.57 Å². The van der Waals surface area contributed by atoms with Gasteiger partial charge in [-0.05, 0) is 62.4 Å². The average Bonchev–Trinajstić information content (AvgIpc) is 3.44. The van der Waals surface area contributed by atoms with Gasteiger partial charge >= 0.3 is 5.97 Å². The van der Waals surface area contributed by atoms with Crippen LogP contribution < -0.4 is 19.6 Å². The van der Waals surface area contributed by atoms with Gasteiger partial charge in [0.05, 0.1) is 34.6 Å². The zero-order valence-corrected chi connectivity index (χ0v) is 22.1. The predicted molar refractivity (Wildman–Crippen MR) is 141 cm³/mol. The summed E-state index contributed by atoms with van der Waals surface area (Å²) in [6.07, 6.45) is 4.87. The normalized spacial score (nSPS) is 15.8. The highest BCUT2D eigenvalue weighted by molar-refractivity contribution is 7.11. The highest BCUT2D eigenvalue weighted by Gasteiger charge is 2.33. The standard InChI is InChI=1S/C27H30N2O4S2/c1-5-6-7-14-32-20-12-10-19(11-13-20)24-23(26(31)33-17(2)3)18(4)28-27-29(24)25(30)22(35-27)16-21-9-8-15-34-21/h8-13,15-17,24H,5-7,14H2,1-4H3. The molecule has 2 aromatic heterocycles.